The second-order valence-electron chi connectivity index (χ2n) is 5.06. The number of hydrogen-bond acceptors (Lipinski definition) is 4. The minimum atomic E-state index is 0.0653. The van der Waals surface area contributed by atoms with Crippen molar-refractivity contribution in [1.82, 2.24) is 5.32 Å². The average molecular weight is 277 g/mol. The normalized spacial score (nSPS) is 15.8. The maximum absolute atomic E-state index is 12.1. The first kappa shape index (κ1) is 14.7. The van der Waals surface area contributed by atoms with Crippen molar-refractivity contribution >= 4 is 17.3 Å². The van der Waals surface area contributed by atoms with Gasteiger partial charge in [-0.05, 0) is 44.0 Å². The second kappa shape index (κ2) is 7.14. The van der Waals surface area contributed by atoms with Crippen LogP contribution >= 0.6 is 0 Å². The molecule has 1 amide bonds. The molecular weight excluding hydrogens is 254 g/mol. The molecule has 1 aromatic carbocycles. The first-order chi connectivity index (χ1) is 9.69. The van der Waals surface area contributed by atoms with Gasteiger partial charge < -0.3 is 20.7 Å². The van der Waals surface area contributed by atoms with E-state index in [1.54, 1.807) is 0 Å². The van der Waals surface area contributed by atoms with Crippen LogP contribution in [0, 0.1) is 0 Å². The predicted octanol–water partition coefficient (Wildman–Crippen LogP) is 1.39. The molecule has 0 spiro atoms. The number of nitrogens with zero attached hydrogens (tertiary/aromatic N) is 1. The van der Waals surface area contributed by atoms with E-state index in [1.807, 2.05) is 36.1 Å². The molecule has 5 nitrogen and oxygen atoms in total. The summed E-state index contributed by atoms with van der Waals surface area (Å²) in [6, 6.07) is 7.85. The fraction of sp³-hybridized carbons (Fsp3) is 0.533. The first-order valence-corrected chi connectivity index (χ1v) is 7.16. The molecule has 1 saturated heterocycles. The van der Waals surface area contributed by atoms with E-state index in [-0.39, 0.29) is 11.9 Å². The minimum Gasteiger partial charge on any atom is -0.399 e. The van der Waals surface area contributed by atoms with Gasteiger partial charge in [0.25, 0.3) is 0 Å². The van der Waals surface area contributed by atoms with E-state index in [0.29, 0.717) is 6.54 Å². The Morgan fingerprint density at radius 1 is 1.35 bits per heavy atom. The quantitative estimate of drug-likeness (QED) is 0.798. The first-order valence-electron chi connectivity index (χ1n) is 7.16. The molecule has 1 fully saturated rings. The van der Waals surface area contributed by atoms with Crippen LogP contribution in [0.15, 0.2) is 24.3 Å². The molecule has 3 N–H and O–H groups in total. The Hall–Kier alpha value is -1.75. The van der Waals surface area contributed by atoms with E-state index in [1.165, 1.54) is 0 Å². The van der Waals surface area contributed by atoms with Crippen LogP contribution in [0.4, 0.5) is 11.4 Å². The van der Waals surface area contributed by atoms with Crippen LogP contribution in [0.25, 0.3) is 0 Å². The van der Waals surface area contributed by atoms with Crippen LogP contribution in [0.2, 0.25) is 0 Å². The van der Waals surface area contributed by atoms with Crippen molar-refractivity contribution in [2.75, 3.05) is 36.9 Å². The Bertz CT molecular complexity index is 427. The van der Waals surface area contributed by atoms with E-state index in [0.717, 1.165) is 44.0 Å². The third-order valence-electron chi connectivity index (χ3n) is 3.56. The molecule has 1 heterocycles. The SMILES string of the molecule is CCN(CC(=O)NC1CCOCC1)c1ccc(N)cc1. The van der Waals surface area contributed by atoms with Gasteiger partial charge in [0.15, 0.2) is 0 Å². The monoisotopic (exact) mass is 277 g/mol. The summed E-state index contributed by atoms with van der Waals surface area (Å²) in [7, 11) is 0. The Kier molecular flexibility index (Phi) is 5.24. The van der Waals surface area contributed by atoms with Gasteiger partial charge in [-0.1, -0.05) is 0 Å². The van der Waals surface area contributed by atoms with E-state index in [4.69, 9.17) is 10.5 Å². The lowest BCUT2D eigenvalue weighted by molar-refractivity contribution is -0.121. The molecule has 5 heteroatoms. The summed E-state index contributed by atoms with van der Waals surface area (Å²) in [6.07, 6.45) is 1.81. The molecule has 0 saturated carbocycles. The number of nitrogens with two attached hydrogens (primary N) is 1. The lowest BCUT2D eigenvalue weighted by atomic mass is 10.1. The topological polar surface area (TPSA) is 67.6 Å². The highest BCUT2D eigenvalue weighted by Crippen LogP contribution is 2.16. The number of carbonyl (C=O) groups excluding carboxylic acids is 1. The van der Waals surface area contributed by atoms with Crippen molar-refractivity contribution in [3.8, 4) is 0 Å². The van der Waals surface area contributed by atoms with Crippen molar-refractivity contribution in [3.63, 3.8) is 0 Å². The summed E-state index contributed by atoms with van der Waals surface area (Å²) in [4.78, 5) is 14.1. The number of nitrogen functional groups attached to an aromatic ring is 1. The van der Waals surface area contributed by atoms with Gasteiger partial charge in [0.05, 0.1) is 6.54 Å². The lowest BCUT2D eigenvalue weighted by Gasteiger charge is -2.26. The summed E-state index contributed by atoms with van der Waals surface area (Å²) in [5.74, 6) is 0.0653. The number of rotatable bonds is 5. The Morgan fingerprint density at radius 2 is 2.00 bits per heavy atom. The Labute approximate surface area is 120 Å². The number of likely N-dealkylation sites (N-methyl/N-ethyl adjacent to an activating group) is 1. The number of nitrogens with one attached hydrogen (secondary N) is 1. The van der Waals surface area contributed by atoms with E-state index in [2.05, 4.69) is 5.32 Å². The Morgan fingerprint density at radius 3 is 2.60 bits per heavy atom. The van der Waals surface area contributed by atoms with Crippen molar-refractivity contribution in [3.05, 3.63) is 24.3 Å². The maximum atomic E-state index is 12.1. The van der Waals surface area contributed by atoms with Gasteiger partial charge in [0.1, 0.15) is 0 Å². The highest BCUT2D eigenvalue weighted by molar-refractivity contribution is 5.81. The van der Waals surface area contributed by atoms with Crippen molar-refractivity contribution < 1.29 is 9.53 Å². The van der Waals surface area contributed by atoms with Gasteiger partial charge in [-0.3, -0.25) is 4.79 Å². The highest BCUT2D eigenvalue weighted by atomic mass is 16.5. The Balaban J connectivity index is 1.88. The third-order valence-corrected chi connectivity index (χ3v) is 3.56. The fourth-order valence-electron chi connectivity index (χ4n) is 2.36. The maximum Gasteiger partial charge on any atom is 0.239 e. The molecule has 1 aliphatic rings. The van der Waals surface area contributed by atoms with Crippen LogP contribution in [0.5, 0.6) is 0 Å². The summed E-state index contributed by atoms with van der Waals surface area (Å²) >= 11 is 0. The van der Waals surface area contributed by atoms with Crippen LogP contribution in [-0.4, -0.2) is 38.3 Å². The number of anilines is 2. The molecule has 0 atom stereocenters. The summed E-state index contributed by atoms with van der Waals surface area (Å²) in [5.41, 5.74) is 7.43. The highest BCUT2D eigenvalue weighted by Gasteiger charge is 2.17. The largest absolute Gasteiger partial charge is 0.399 e. The van der Waals surface area contributed by atoms with Crippen molar-refractivity contribution in [2.45, 2.75) is 25.8 Å². The molecule has 110 valence electrons. The molecule has 0 unspecified atom stereocenters. The second-order valence-corrected chi connectivity index (χ2v) is 5.06. The zero-order valence-electron chi connectivity index (χ0n) is 12.0. The molecule has 0 radical (unpaired) electrons. The molecule has 2 rings (SSSR count). The smallest absolute Gasteiger partial charge is 0.239 e. The van der Waals surface area contributed by atoms with Gasteiger partial charge in [-0.2, -0.15) is 0 Å². The summed E-state index contributed by atoms with van der Waals surface area (Å²) in [5, 5.41) is 3.08. The van der Waals surface area contributed by atoms with E-state index >= 15 is 0 Å². The van der Waals surface area contributed by atoms with Gasteiger partial charge in [0, 0.05) is 37.2 Å². The van der Waals surface area contributed by atoms with Crippen LogP contribution in [0.3, 0.4) is 0 Å². The van der Waals surface area contributed by atoms with Crippen LogP contribution in [-0.2, 0) is 9.53 Å². The summed E-state index contributed by atoms with van der Waals surface area (Å²) < 4.78 is 5.29. The number of carbonyl (C=O) groups is 1. The molecule has 0 aliphatic carbocycles. The van der Waals surface area contributed by atoms with Crippen LogP contribution < -0.4 is 16.0 Å². The van der Waals surface area contributed by atoms with Crippen molar-refractivity contribution in [2.24, 2.45) is 0 Å². The van der Waals surface area contributed by atoms with E-state index < -0.39 is 0 Å². The number of hydrogen-bond donors (Lipinski definition) is 2. The molecule has 20 heavy (non-hydrogen) atoms. The number of amides is 1. The van der Waals surface area contributed by atoms with Gasteiger partial charge >= 0.3 is 0 Å². The average Bonchev–Trinajstić information content (AvgIpc) is 2.47. The molecular formula is C15H23N3O2. The fourth-order valence-corrected chi connectivity index (χ4v) is 2.36. The summed E-state index contributed by atoms with van der Waals surface area (Å²) in [6.45, 7) is 4.67. The third kappa shape index (κ3) is 4.13. The molecule has 0 bridgehead atoms. The predicted molar refractivity (Wildman–Crippen MR) is 80.7 cm³/mol. The molecule has 1 aromatic rings. The lowest BCUT2D eigenvalue weighted by Crippen LogP contribution is -2.44. The van der Waals surface area contributed by atoms with Crippen molar-refractivity contribution in [1.29, 1.82) is 0 Å². The molecule has 1 aliphatic heterocycles. The zero-order chi connectivity index (χ0) is 14.4. The van der Waals surface area contributed by atoms with Gasteiger partial charge in [-0.15, -0.1) is 0 Å². The number of benzene rings is 1. The number of ether oxygens (including phenoxy) is 1. The zero-order valence-corrected chi connectivity index (χ0v) is 12.0. The van der Waals surface area contributed by atoms with Gasteiger partial charge in [-0.25, -0.2) is 0 Å². The minimum absolute atomic E-state index is 0.0653. The molecule has 0 aromatic heterocycles. The standard InChI is InChI=1S/C15H23N3O2/c1-2-18(14-5-3-12(16)4-6-14)11-15(19)17-13-7-9-20-10-8-13/h3-6,13H,2,7-11,16H2,1H3,(H,17,19). The van der Waals surface area contributed by atoms with E-state index in [9.17, 15) is 4.79 Å². The van der Waals surface area contributed by atoms with Gasteiger partial charge in [0.2, 0.25) is 5.91 Å². The van der Waals surface area contributed by atoms with Crippen LogP contribution in [0.1, 0.15) is 19.8 Å².